The summed E-state index contributed by atoms with van der Waals surface area (Å²) in [5.41, 5.74) is 1.73. The van der Waals surface area contributed by atoms with Gasteiger partial charge in [-0.2, -0.15) is 0 Å². The smallest absolute Gasteiger partial charge is 0.316 e. The number of aliphatic carboxylic acids is 1. The maximum Gasteiger partial charge on any atom is 0.316 e. The van der Waals surface area contributed by atoms with E-state index in [2.05, 4.69) is 9.97 Å². The molecule has 4 nitrogen and oxygen atoms in total. The number of para-hydroxylation sites is 1. The summed E-state index contributed by atoms with van der Waals surface area (Å²) in [7, 11) is 0. The fraction of sp³-hybridized carbons (Fsp3) is 0.118. The molecule has 22 heavy (non-hydrogen) atoms. The molecule has 5 heteroatoms. The molecule has 3 rings (SSSR count). The number of carboxylic acids is 1. The standard InChI is InChI=1S/C17H14N2O2S/c1-11(17(20)21)22-16-13-9-5-6-10-14(13)18-15(19-16)12-7-3-2-4-8-12/h2-11H,1H3,(H,20,21)/t11-/m0/s1. The van der Waals surface area contributed by atoms with E-state index in [1.807, 2.05) is 54.6 Å². The minimum Gasteiger partial charge on any atom is -0.480 e. The van der Waals surface area contributed by atoms with Crippen LogP contribution in [0.15, 0.2) is 59.6 Å². The lowest BCUT2D eigenvalue weighted by atomic mass is 10.2. The molecule has 0 saturated carbocycles. The second-order valence-electron chi connectivity index (χ2n) is 4.83. The van der Waals surface area contributed by atoms with Gasteiger partial charge in [0.2, 0.25) is 0 Å². The molecule has 0 aliphatic heterocycles. The number of rotatable bonds is 4. The van der Waals surface area contributed by atoms with Crippen LogP contribution in [0.3, 0.4) is 0 Å². The van der Waals surface area contributed by atoms with Gasteiger partial charge in [-0.25, -0.2) is 9.97 Å². The molecule has 2 aromatic carbocycles. The van der Waals surface area contributed by atoms with E-state index in [1.54, 1.807) is 6.92 Å². The van der Waals surface area contributed by atoms with Crippen molar-refractivity contribution in [2.45, 2.75) is 17.2 Å². The average Bonchev–Trinajstić information content (AvgIpc) is 2.55. The van der Waals surface area contributed by atoms with Crippen LogP contribution in [0.2, 0.25) is 0 Å². The summed E-state index contributed by atoms with van der Waals surface area (Å²) in [6.07, 6.45) is 0. The van der Waals surface area contributed by atoms with Crippen LogP contribution in [-0.4, -0.2) is 26.3 Å². The Morgan fingerprint density at radius 3 is 2.45 bits per heavy atom. The summed E-state index contributed by atoms with van der Waals surface area (Å²) in [5, 5.41) is 10.1. The van der Waals surface area contributed by atoms with Crippen molar-refractivity contribution < 1.29 is 9.90 Å². The second-order valence-corrected chi connectivity index (χ2v) is 6.16. The van der Waals surface area contributed by atoms with Crippen LogP contribution >= 0.6 is 11.8 Å². The van der Waals surface area contributed by atoms with Crippen molar-refractivity contribution in [3.63, 3.8) is 0 Å². The first-order valence-electron chi connectivity index (χ1n) is 6.87. The molecule has 0 spiro atoms. The zero-order valence-electron chi connectivity index (χ0n) is 11.9. The van der Waals surface area contributed by atoms with Crippen LogP contribution in [-0.2, 0) is 4.79 Å². The highest BCUT2D eigenvalue weighted by Crippen LogP contribution is 2.30. The minimum absolute atomic E-state index is 0.568. The van der Waals surface area contributed by atoms with Gasteiger partial charge in [-0.15, -0.1) is 0 Å². The van der Waals surface area contributed by atoms with Crippen LogP contribution in [0, 0.1) is 0 Å². The van der Waals surface area contributed by atoms with E-state index in [0.717, 1.165) is 16.5 Å². The normalized spacial score (nSPS) is 12.2. The number of fused-ring (bicyclic) bond motifs is 1. The number of hydrogen-bond donors (Lipinski definition) is 1. The highest BCUT2D eigenvalue weighted by Gasteiger charge is 2.17. The summed E-state index contributed by atoms with van der Waals surface area (Å²) >= 11 is 1.24. The van der Waals surface area contributed by atoms with Crippen LogP contribution in [0.4, 0.5) is 0 Å². The number of thioether (sulfide) groups is 1. The van der Waals surface area contributed by atoms with Gasteiger partial charge in [0.15, 0.2) is 5.82 Å². The quantitative estimate of drug-likeness (QED) is 0.585. The van der Waals surface area contributed by atoms with Crippen molar-refractivity contribution in [1.82, 2.24) is 9.97 Å². The van der Waals surface area contributed by atoms with E-state index in [9.17, 15) is 4.79 Å². The largest absolute Gasteiger partial charge is 0.480 e. The van der Waals surface area contributed by atoms with Crippen molar-refractivity contribution in [3.05, 3.63) is 54.6 Å². The molecule has 110 valence electrons. The van der Waals surface area contributed by atoms with Crippen LogP contribution in [0.1, 0.15) is 6.92 Å². The van der Waals surface area contributed by atoms with E-state index in [4.69, 9.17) is 5.11 Å². The SMILES string of the molecule is C[C@H](Sc1nc(-c2ccccc2)nc2ccccc12)C(=O)O. The Balaban J connectivity index is 2.14. The monoisotopic (exact) mass is 310 g/mol. The zero-order chi connectivity index (χ0) is 15.5. The van der Waals surface area contributed by atoms with Gasteiger partial charge in [0.1, 0.15) is 10.3 Å². The number of carbonyl (C=O) groups is 1. The van der Waals surface area contributed by atoms with E-state index >= 15 is 0 Å². The third kappa shape index (κ3) is 2.94. The molecule has 0 amide bonds. The molecule has 1 aromatic heterocycles. The molecule has 1 heterocycles. The molecule has 0 fully saturated rings. The Labute approximate surface area is 132 Å². The summed E-state index contributed by atoms with van der Waals surface area (Å²) in [4.78, 5) is 20.3. The van der Waals surface area contributed by atoms with Crippen LogP contribution in [0.5, 0.6) is 0 Å². The summed E-state index contributed by atoms with van der Waals surface area (Å²) < 4.78 is 0. The van der Waals surface area contributed by atoms with Gasteiger partial charge < -0.3 is 5.11 Å². The maximum absolute atomic E-state index is 11.1. The number of nitrogens with zero attached hydrogens (tertiary/aromatic N) is 2. The summed E-state index contributed by atoms with van der Waals surface area (Å²) in [6, 6.07) is 17.3. The molecule has 0 bridgehead atoms. The lowest BCUT2D eigenvalue weighted by Crippen LogP contribution is -2.11. The Hall–Kier alpha value is -2.40. The third-order valence-corrected chi connectivity index (χ3v) is 4.33. The Morgan fingerprint density at radius 1 is 1.05 bits per heavy atom. The summed E-state index contributed by atoms with van der Waals surface area (Å²) in [6.45, 7) is 1.66. The van der Waals surface area contributed by atoms with Crippen LogP contribution < -0.4 is 0 Å². The highest BCUT2D eigenvalue weighted by molar-refractivity contribution is 8.00. The van der Waals surface area contributed by atoms with Gasteiger partial charge in [-0.05, 0) is 13.0 Å². The summed E-state index contributed by atoms with van der Waals surface area (Å²) in [5.74, 6) is -0.242. The first-order valence-corrected chi connectivity index (χ1v) is 7.75. The minimum atomic E-state index is -0.853. The van der Waals surface area contributed by atoms with Gasteiger partial charge in [0, 0.05) is 10.9 Å². The van der Waals surface area contributed by atoms with Gasteiger partial charge in [-0.3, -0.25) is 4.79 Å². The Kier molecular flexibility index (Phi) is 4.06. The lowest BCUT2D eigenvalue weighted by molar-refractivity contribution is -0.136. The lowest BCUT2D eigenvalue weighted by Gasteiger charge is -2.10. The van der Waals surface area contributed by atoms with Crippen molar-refractivity contribution in [2.75, 3.05) is 0 Å². The van der Waals surface area contributed by atoms with Gasteiger partial charge in [0.05, 0.1) is 5.52 Å². The first kappa shape index (κ1) is 14.5. The first-order chi connectivity index (χ1) is 10.6. The van der Waals surface area contributed by atoms with Crippen molar-refractivity contribution >= 4 is 28.6 Å². The van der Waals surface area contributed by atoms with Gasteiger partial charge in [-0.1, -0.05) is 60.3 Å². The van der Waals surface area contributed by atoms with Crippen LogP contribution in [0.25, 0.3) is 22.3 Å². The highest BCUT2D eigenvalue weighted by atomic mass is 32.2. The molecular formula is C17H14N2O2S. The van der Waals surface area contributed by atoms with Crippen molar-refractivity contribution in [1.29, 1.82) is 0 Å². The fourth-order valence-corrected chi connectivity index (χ4v) is 2.95. The predicted octanol–water partition coefficient (Wildman–Crippen LogP) is 3.86. The third-order valence-electron chi connectivity index (χ3n) is 3.24. The van der Waals surface area contributed by atoms with E-state index in [-0.39, 0.29) is 0 Å². The zero-order valence-corrected chi connectivity index (χ0v) is 12.7. The van der Waals surface area contributed by atoms with E-state index in [0.29, 0.717) is 10.9 Å². The van der Waals surface area contributed by atoms with Gasteiger partial charge in [0.25, 0.3) is 0 Å². The predicted molar refractivity (Wildman–Crippen MR) is 87.9 cm³/mol. The maximum atomic E-state index is 11.1. The number of hydrogen-bond acceptors (Lipinski definition) is 4. The molecule has 1 atom stereocenters. The molecule has 0 aliphatic carbocycles. The molecule has 1 N–H and O–H groups in total. The number of benzene rings is 2. The van der Waals surface area contributed by atoms with E-state index in [1.165, 1.54) is 11.8 Å². The Bertz CT molecular complexity index is 821. The molecule has 0 aliphatic rings. The molecule has 0 unspecified atom stereocenters. The second kappa shape index (κ2) is 6.15. The molecule has 3 aromatic rings. The number of carboxylic acid groups (broad SMARTS) is 1. The topological polar surface area (TPSA) is 63.1 Å². The van der Waals surface area contributed by atoms with Crippen molar-refractivity contribution in [3.8, 4) is 11.4 Å². The molecule has 0 radical (unpaired) electrons. The average molecular weight is 310 g/mol. The molecule has 0 saturated heterocycles. The molecular weight excluding hydrogens is 296 g/mol. The van der Waals surface area contributed by atoms with Crippen molar-refractivity contribution in [2.24, 2.45) is 0 Å². The number of aromatic nitrogens is 2. The van der Waals surface area contributed by atoms with Gasteiger partial charge >= 0.3 is 5.97 Å². The Morgan fingerprint density at radius 2 is 1.73 bits per heavy atom. The fourth-order valence-electron chi connectivity index (χ4n) is 2.07. The van der Waals surface area contributed by atoms with E-state index < -0.39 is 11.2 Å².